The van der Waals surface area contributed by atoms with Gasteiger partial charge in [0.25, 0.3) is 0 Å². The Morgan fingerprint density at radius 3 is 2.46 bits per heavy atom. The molecule has 0 saturated carbocycles. The molecule has 0 unspecified atom stereocenters. The van der Waals surface area contributed by atoms with Crippen molar-refractivity contribution < 1.29 is 4.57 Å². The first-order chi connectivity index (χ1) is 11.8. The van der Waals surface area contributed by atoms with Gasteiger partial charge in [0, 0.05) is 10.8 Å². The zero-order valence-corrected chi connectivity index (χ0v) is 13.7. The number of nitrogens with one attached hydrogen (secondary N) is 1. The average Bonchev–Trinajstić information content (AvgIpc) is 3.12. The summed E-state index contributed by atoms with van der Waals surface area (Å²) in [5.74, 6) is 1.08. The standard InChI is InChI=1S/C21H17N3/c1-14-8-7-10-16-15-9-3-5-12-18(15)24(20(14)16)21-22-17-11-4-6-13-19(17)23(21)2/h3-13H,1-2H3/p+1. The van der Waals surface area contributed by atoms with Crippen LogP contribution in [0.3, 0.4) is 0 Å². The predicted molar refractivity (Wildman–Crippen MR) is 98.6 cm³/mol. The number of aromatic nitrogens is 3. The second kappa shape index (κ2) is 4.71. The fourth-order valence-corrected chi connectivity index (χ4v) is 3.81. The van der Waals surface area contributed by atoms with Gasteiger partial charge in [-0.05, 0) is 30.7 Å². The maximum Gasteiger partial charge on any atom is 0.368 e. The van der Waals surface area contributed by atoms with Crippen molar-refractivity contribution in [2.75, 3.05) is 0 Å². The van der Waals surface area contributed by atoms with Crippen molar-refractivity contribution in [1.82, 2.24) is 9.55 Å². The lowest BCUT2D eigenvalue weighted by molar-refractivity contribution is -0.638. The van der Waals surface area contributed by atoms with Crippen LogP contribution in [0.1, 0.15) is 5.56 Å². The lowest BCUT2D eigenvalue weighted by Gasteiger charge is -2.02. The lowest BCUT2D eigenvalue weighted by Crippen LogP contribution is -2.32. The third-order valence-corrected chi connectivity index (χ3v) is 4.94. The monoisotopic (exact) mass is 312 g/mol. The second-order valence-electron chi connectivity index (χ2n) is 6.35. The second-order valence-corrected chi connectivity index (χ2v) is 6.35. The Balaban J connectivity index is 2.02. The van der Waals surface area contributed by atoms with Crippen LogP contribution in [-0.4, -0.2) is 9.55 Å². The number of aryl methyl sites for hydroxylation is 2. The van der Waals surface area contributed by atoms with E-state index in [1.54, 1.807) is 0 Å². The Hall–Kier alpha value is -3.07. The van der Waals surface area contributed by atoms with Gasteiger partial charge in [-0.3, -0.25) is 0 Å². The molecule has 0 bridgehead atoms. The van der Waals surface area contributed by atoms with Gasteiger partial charge in [-0.2, -0.15) is 4.57 Å². The summed E-state index contributed by atoms with van der Waals surface area (Å²) in [6, 6.07) is 23.6. The number of rotatable bonds is 1. The first kappa shape index (κ1) is 13.4. The molecule has 3 aromatic carbocycles. The van der Waals surface area contributed by atoms with Gasteiger partial charge in [-0.25, -0.2) is 9.55 Å². The molecule has 3 heteroatoms. The molecule has 3 nitrogen and oxygen atoms in total. The molecule has 1 N–H and O–H groups in total. The van der Waals surface area contributed by atoms with Crippen LogP contribution >= 0.6 is 0 Å². The zero-order valence-electron chi connectivity index (χ0n) is 13.7. The Kier molecular flexibility index (Phi) is 2.63. The van der Waals surface area contributed by atoms with Crippen LogP contribution < -0.4 is 4.57 Å². The van der Waals surface area contributed by atoms with Crippen molar-refractivity contribution in [3.05, 3.63) is 72.3 Å². The van der Waals surface area contributed by atoms with E-state index in [0.717, 1.165) is 11.5 Å². The Bertz CT molecular complexity index is 1220. The molecule has 0 saturated heterocycles. The van der Waals surface area contributed by atoms with E-state index >= 15 is 0 Å². The zero-order chi connectivity index (χ0) is 16.3. The third kappa shape index (κ3) is 1.64. The van der Waals surface area contributed by atoms with Gasteiger partial charge < -0.3 is 0 Å². The number of hydrogen-bond donors (Lipinski definition) is 1. The van der Waals surface area contributed by atoms with E-state index < -0.39 is 0 Å². The van der Waals surface area contributed by atoms with E-state index in [1.165, 1.54) is 32.9 Å². The van der Waals surface area contributed by atoms with E-state index in [0.29, 0.717) is 0 Å². The molecule has 5 rings (SSSR count). The number of hydrogen-bond acceptors (Lipinski definition) is 0. The highest BCUT2D eigenvalue weighted by Crippen LogP contribution is 2.32. The Labute approximate surface area is 139 Å². The summed E-state index contributed by atoms with van der Waals surface area (Å²) in [4.78, 5) is 3.60. The molecule has 0 aliphatic carbocycles. The highest BCUT2D eigenvalue weighted by Gasteiger charge is 2.23. The molecule has 0 amide bonds. The quantitative estimate of drug-likeness (QED) is 0.444. The molecule has 0 spiro atoms. The van der Waals surface area contributed by atoms with Gasteiger partial charge in [0.05, 0.1) is 7.05 Å². The summed E-state index contributed by atoms with van der Waals surface area (Å²) in [5.41, 5.74) is 6.12. The maximum absolute atomic E-state index is 3.60. The Morgan fingerprint density at radius 1 is 0.833 bits per heavy atom. The summed E-state index contributed by atoms with van der Waals surface area (Å²) in [5, 5.41) is 2.58. The molecule has 0 atom stereocenters. The minimum absolute atomic E-state index is 1.08. The summed E-state index contributed by atoms with van der Waals surface area (Å²) in [6.45, 7) is 2.18. The van der Waals surface area contributed by atoms with Gasteiger partial charge in [-0.1, -0.05) is 48.5 Å². The van der Waals surface area contributed by atoms with Crippen LogP contribution in [0.2, 0.25) is 0 Å². The summed E-state index contributed by atoms with van der Waals surface area (Å²) < 4.78 is 4.58. The topological polar surface area (TPSA) is 24.6 Å². The predicted octanol–water partition coefficient (Wildman–Crippen LogP) is 4.40. The first-order valence-corrected chi connectivity index (χ1v) is 8.21. The van der Waals surface area contributed by atoms with Crippen molar-refractivity contribution in [1.29, 1.82) is 0 Å². The Morgan fingerprint density at radius 2 is 1.58 bits per heavy atom. The highest BCUT2D eigenvalue weighted by atomic mass is 15.2. The molecular formula is C21H18N3+. The SMILES string of the molecule is Cc1cccc2c3ccccc3n(-c3[nH]c4ccccc4[n+]3C)c12. The van der Waals surface area contributed by atoms with Crippen LogP contribution in [0.25, 0.3) is 38.8 Å². The van der Waals surface area contributed by atoms with Gasteiger partial charge in [0.1, 0.15) is 22.1 Å². The average molecular weight is 312 g/mol. The number of imidazole rings is 1. The van der Waals surface area contributed by atoms with Crippen molar-refractivity contribution >= 4 is 32.8 Å². The van der Waals surface area contributed by atoms with Crippen molar-refractivity contribution in [3.8, 4) is 5.95 Å². The van der Waals surface area contributed by atoms with Gasteiger partial charge in [0.2, 0.25) is 0 Å². The molecule has 116 valence electrons. The minimum Gasteiger partial charge on any atom is -0.241 e. The largest absolute Gasteiger partial charge is 0.368 e. The van der Waals surface area contributed by atoms with Crippen LogP contribution in [0.15, 0.2) is 66.7 Å². The first-order valence-electron chi connectivity index (χ1n) is 8.21. The molecule has 0 aliphatic rings. The molecular weight excluding hydrogens is 294 g/mol. The molecule has 5 aromatic rings. The number of aromatic amines is 1. The van der Waals surface area contributed by atoms with Crippen LogP contribution in [-0.2, 0) is 7.05 Å². The van der Waals surface area contributed by atoms with Crippen molar-refractivity contribution in [2.24, 2.45) is 7.05 Å². The van der Waals surface area contributed by atoms with Gasteiger partial charge >= 0.3 is 5.95 Å². The minimum atomic E-state index is 1.08. The van der Waals surface area contributed by atoms with E-state index in [9.17, 15) is 0 Å². The fourth-order valence-electron chi connectivity index (χ4n) is 3.81. The molecule has 0 fully saturated rings. The number of para-hydroxylation sites is 4. The van der Waals surface area contributed by atoms with E-state index in [-0.39, 0.29) is 0 Å². The van der Waals surface area contributed by atoms with E-state index in [2.05, 4.69) is 94.8 Å². The summed E-state index contributed by atoms with van der Waals surface area (Å²) in [7, 11) is 2.12. The summed E-state index contributed by atoms with van der Waals surface area (Å²) in [6.07, 6.45) is 0. The van der Waals surface area contributed by atoms with Crippen molar-refractivity contribution in [2.45, 2.75) is 6.92 Å². The van der Waals surface area contributed by atoms with E-state index in [4.69, 9.17) is 0 Å². The van der Waals surface area contributed by atoms with Gasteiger partial charge in [-0.15, -0.1) is 0 Å². The highest BCUT2D eigenvalue weighted by molar-refractivity contribution is 6.09. The van der Waals surface area contributed by atoms with E-state index in [1.807, 2.05) is 0 Å². The fraction of sp³-hybridized carbons (Fsp3) is 0.0952. The molecule has 0 aliphatic heterocycles. The number of benzene rings is 3. The summed E-state index contributed by atoms with van der Waals surface area (Å²) >= 11 is 0. The normalized spacial score (nSPS) is 11.8. The van der Waals surface area contributed by atoms with Crippen LogP contribution in [0.4, 0.5) is 0 Å². The number of nitrogens with zero attached hydrogens (tertiary/aromatic N) is 2. The third-order valence-electron chi connectivity index (χ3n) is 4.94. The van der Waals surface area contributed by atoms with Gasteiger partial charge in [0.15, 0.2) is 0 Å². The van der Waals surface area contributed by atoms with Crippen LogP contribution in [0.5, 0.6) is 0 Å². The molecule has 0 radical (unpaired) electrons. The van der Waals surface area contributed by atoms with Crippen LogP contribution in [0, 0.1) is 6.92 Å². The number of fused-ring (bicyclic) bond motifs is 4. The van der Waals surface area contributed by atoms with Crippen molar-refractivity contribution in [3.63, 3.8) is 0 Å². The maximum atomic E-state index is 3.60. The molecule has 2 aromatic heterocycles. The smallest absolute Gasteiger partial charge is 0.241 e. The number of H-pyrrole nitrogens is 1. The lowest BCUT2D eigenvalue weighted by atomic mass is 10.1. The molecule has 24 heavy (non-hydrogen) atoms. The molecule has 2 heterocycles.